The van der Waals surface area contributed by atoms with Crippen LogP contribution in [0.5, 0.6) is 0 Å². The molecule has 0 spiro atoms. The number of aliphatic hydroxyl groups excluding tert-OH is 1. The Hall–Kier alpha value is -0.560. The van der Waals surface area contributed by atoms with Crippen LogP contribution < -0.4 is 0 Å². The lowest BCUT2D eigenvalue weighted by atomic mass is 9.84. The van der Waals surface area contributed by atoms with Crippen molar-refractivity contribution in [3.8, 4) is 0 Å². The Balaban J connectivity index is 2.02. The van der Waals surface area contributed by atoms with Crippen molar-refractivity contribution in [1.29, 1.82) is 0 Å². The molecule has 1 N–H and O–H groups in total. The molecule has 0 amide bonds. The number of allylic oxidation sites excluding steroid dienone is 3. The van der Waals surface area contributed by atoms with Gasteiger partial charge < -0.3 is 5.11 Å². The monoisotopic (exact) mass is 148 g/mol. The highest BCUT2D eigenvalue weighted by Gasteiger charge is 2.48. The van der Waals surface area contributed by atoms with Gasteiger partial charge in [-0.3, -0.25) is 0 Å². The van der Waals surface area contributed by atoms with Gasteiger partial charge in [0.15, 0.2) is 0 Å². The molecule has 11 heavy (non-hydrogen) atoms. The van der Waals surface area contributed by atoms with Gasteiger partial charge in [0.05, 0.1) is 6.10 Å². The Kier molecular flexibility index (Phi) is 0.972. The van der Waals surface area contributed by atoms with Crippen molar-refractivity contribution >= 4 is 0 Å². The molecule has 0 radical (unpaired) electrons. The molecule has 3 rings (SSSR count). The van der Waals surface area contributed by atoms with Gasteiger partial charge in [0, 0.05) is 5.92 Å². The smallest absolute Gasteiger partial charge is 0.0760 e. The first-order chi connectivity index (χ1) is 5.36. The normalized spacial score (nSPS) is 57.4. The van der Waals surface area contributed by atoms with Gasteiger partial charge >= 0.3 is 0 Å². The predicted molar refractivity (Wildman–Crippen MR) is 42.9 cm³/mol. The molecule has 0 aromatic heterocycles. The second-order valence-corrected chi connectivity index (χ2v) is 3.98. The molecule has 0 aliphatic heterocycles. The average molecular weight is 148 g/mol. The maximum atomic E-state index is 9.60. The minimum absolute atomic E-state index is 0.153. The maximum absolute atomic E-state index is 9.60. The van der Waals surface area contributed by atoms with E-state index in [1.165, 1.54) is 6.42 Å². The lowest BCUT2D eigenvalue weighted by Crippen LogP contribution is -2.23. The third kappa shape index (κ3) is 0.603. The Bertz CT molecular complexity index is 241. The zero-order chi connectivity index (χ0) is 7.42. The molecule has 0 saturated heterocycles. The van der Waals surface area contributed by atoms with E-state index in [1.807, 2.05) is 6.08 Å². The molecule has 1 fully saturated rings. The molecule has 1 saturated carbocycles. The lowest BCUT2D eigenvalue weighted by molar-refractivity contribution is 0.132. The van der Waals surface area contributed by atoms with Crippen molar-refractivity contribution in [2.24, 2.45) is 23.7 Å². The minimum atomic E-state index is -0.153. The van der Waals surface area contributed by atoms with Crippen LogP contribution in [-0.4, -0.2) is 11.2 Å². The first-order valence-electron chi connectivity index (χ1n) is 4.41. The summed E-state index contributed by atoms with van der Waals surface area (Å²) in [5.41, 5.74) is 0. The summed E-state index contributed by atoms with van der Waals surface area (Å²) in [6, 6.07) is 0. The molecule has 5 atom stereocenters. The molecule has 3 aliphatic rings. The van der Waals surface area contributed by atoms with Crippen molar-refractivity contribution in [3.05, 3.63) is 24.3 Å². The zero-order valence-electron chi connectivity index (χ0n) is 6.35. The van der Waals surface area contributed by atoms with Crippen molar-refractivity contribution < 1.29 is 5.11 Å². The van der Waals surface area contributed by atoms with E-state index in [1.54, 1.807) is 0 Å². The van der Waals surface area contributed by atoms with E-state index >= 15 is 0 Å². The Morgan fingerprint density at radius 1 is 1.00 bits per heavy atom. The molecular weight excluding hydrogens is 136 g/mol. The summed E-state index contributed by atoms with van der Waals surface area (Å²) in [5.74, 6) is 2.62. The predicted octanol–water partition coefficient (Wildman–Crippen LogP) is 1.36. The Morgan fingerprint density at radius 2 is 1.82 bits per heavy atom. The highest BCUT2D eigenvalue weighted by molar-refractivity contribution is 5.24. The highest BCUT2D eigenvalue weighted by Crippen LogP contribution is 2.52. The first kappa shape index (κ1) is 6.01. The fourth-order valence-electron chi connectivity index (χ4n) is 3.02. The maximum Gasteiger partial charge on any atom is 0.0760 e. The van der Waals surface area contributed by atoms with Crippen molar-refractivity contribution in [2.45, 2.75) is 12.5 Å². The number of fused-ring (bicyclic) bond motifs is 5. The zero-order valence-corrected chi connectivity index (χ0v) is 6.35. The van der Waals surface area contributed by atoms with E-state index in [9.17, 15) is 5.11 Å². The Morgan fingerprint density at radius 3 is 2.64 bits per heavy atom. The molecule has 58 valence electrons. The van der Waals surface area contributed by atoms with Gasteiger partial charge in [-0.15, -0.1) is 0 Å². The Labute approximate surface area is 66.4 Å². The van der Waals surface area contributed by atoms with E-state index in [2.05, 4.69) is 18.2 Å². The fourth-order valence-corrected chi connectivity index (χ4v) is 3.02. The quantitative estimate of drug-likeness (QED) is 0.514. The number of rotatable bonds is 0. The van der Waals surface area contributed by atoms with E-state index < -0.39 is 0 Å². The first-order valence-corrected chi connectivity index (χ1v) is 4.41. The van der Waals surface area contributed by atoms with Crippen LogP contribution in [0.15, 0.2) is 24.3 Å². The largest absolute Gasteiger partial charge is 0.389 e. The van der Waals surface area contributed by atoms with E-state index in [0.29, 0.717) is 17.8 Å². The van der Waals surface area contributed by atoms with Crippen LogP contribution in [-0.2, 0) is 0 Å². The molecular formula is C10H12O. The number of aliphatic hydroxyl groups is 1. The summed E-state index contributed by atoms with van der Waals surface area (Å²) in [4.78, 5) is 0. The molecule has 1 nitrogen and oxygen atoms in total. The van der Waals surface area contributed by atoms with Crippen LogP contribution in [0.25, 0.3) is 0 Å². The summed E-state index contributed by atoms with van der Waals surface area (Å²) >= 11 is 0. The molecule has 2 bridgehead atoms. The molecule has 0 aromatic rings. The van der Waals surface area contributed by atoms with Crippen molar-refractivity contribution in [2.75, 3.05) is 0 Å². The minimum Gasteiger partial charge on any atom is -0.389 e. The lowest BCUT2D eigenvalue weighted by Gasteiger charge is -2.22. The van der Waals surface area contributed by atoms with Gasteiger partial charge in [0.25, 0.3) is 0 Å². The van der Waals surface area contributed by atoms with E-state index in [-0.39, 0.29) is 6.10 Å². The summed E-state index contributed by atoms with van der Waals surface area (Å²) in [6.45, 7) is 0. The summed E-state index contributed by atoms with van der Waals surface area (Å²) in [7, 11) is 0. The third-order valence-corrected chi connectivity index (χ3v) is 3.51. The topological polar surface area (TPSA) is 20.2 Å². The average Bonchev–Trinajstić information content (AvgIpc) is 2.60. The summed E-state index contributed by atoms with van der Waals surface area (Å²) in [6.07, 6.45) is 9.94. The van der Waals surface area contributed by atoms with Crippen molar-refractivity contribution in [3.63, 3.8) is 0 Å². The molecule has 1 heteroatoms. The molecule has 0 aromatic carbocycles. The summed E-state index contributed by atoms with van der Waals surface area (Å²) in [5, 5.41) is 9.60. The van der Waals surface area contributed by atoms with Gasteiger partial charge in [-0.2, -0.15) is 0 Å². The highest BCUT2D eigenvalue weighted by atomic mass is 16.3. The van der Waals surface area contributed by atoms with E-state index in [4.69, 9.17) is 0 Å². The number of hydrogen-bond acceptors (Lipinski definition) is 1. The van der Waals surface area contributed by atoms with Crippen LogP contribution in [0.3, 0.4) is 0 Å². The van der Waals surface area contributed by atoms with Crippen LogP contribution in [0, 0.1) is 23.7 Å². The second-order valence-electron chi connectivity index (χ2n) is 3.98. The van der Waals surface area contributed by atoms with Gasteiger partial charge in [-0.1, -0.05) is 24.3 Å². The van der Waals surface area contributed by atoms with Crippen molar-refractivity contribution in [1.82, 2.24) is 0 Å². The van der Waals surface area contributed by atoms with E-state index in [0.717, 1.165) is 5.92 Å². The molecule has 0 heterocycles. The second kappa shape index (κ2) is 1.78. The SMILES string of the molecule is O[C@@H]1C=CC2C1[C@@H]1C=C[C@H]2C1. The van der Waals surface area contributed by atoms with Crippen LogP contribution in [0.2, 0.25) is 0 Å². The van der Waals surface area contributed by atoms with Gasteiger partial charge in [-0.05, 0) is 24.2 Å². The third-order valence-electron chi connectivity index (χ3n) is 3.51. The van der Waals surface area contributed by atoms with Crippen LogP contribution >= 0.6 is 0 Å². The van der Waals surface area contributed by atoms with Crippen LogP contribution in [0.4, 0.5) is 0 Å². The summed E-state index contributed by atoms with van der Waals surface area (Å²) < 4.78 is 0. The van der Waals surface area contributed by atoms with Gasteiger partial charge in [0.2, 0.25) is 0 Å². The molecule has 2 unspecified atom stereocenters. The standard InChI is InChI=1S/C10H12O/c11-9-4-3-8-6-1-2-7(5-6)10(8)9/h1-4,6-11H,5H2/t6-,7+,8?,9+,10?/m0/s1. The number of hydrogen-bond donors (Lipinski definition) is 1. The molecule has 3 aliphatic carbocycles. The van der Waals surface area contributed by atoms with Gasteiger partial charge in [-0.25, -0.2) is 0 Å². The fraction of sp³-hybridized carbons (Fsp3) is 0.600. The van der Waals surface area contributed by atoms with Crippen LogP contribution in [0.1, 0.15) is 6.42 Å². The van der Waals surface area contributed by atoms with Gasteiger partial charge in [0.1, 0.15) is 0 Å².